The van der Waals surface area contributed by atoms with Crippen LogP contribution in [-0.4, -0.2) is 16.7 Å². The number of pyridine rings is 2. The van der Waals surface area contributed by atoms with Crippen LogP contribution in [0.2, 0.25) is 0 Å². The second-order valence-electron chi connectivity index (χ2n) is 13.1. The summed E-state index contributed by atoms with van der Waals surface area (Å²) in [5.41, 5.74) is 16.1. The number of anilines is 6. The number of aromatic nitrogens is 2. The lowest BCUT2D eigenvalue weighted by molar-refractivity contribution is 1.15. The van der Waals surface area contributed by atoms with E-state index in [0.29, 0.717) is 0 Å². The van der Waals surface area contributed by atoms with Crippen molar-refractivity contribution < 1.29 is 0 Å². The summed E-state index contributed by atoms with van der Waals surface area (Å²) >= 11 is 0. The molecule has 2 aromatic heterocycles. The van der Waals surface area contributed by atoms with Gasteiger partial charge in [-0.05, 0) is 80.1 Å². The van der Waals surface area contributed by atoms with E-state index in [0.717, 1.165) is 45.4 Å². The molecule has 5 heteroatoms. The Bertz CT molecular complexity index is 2520. The van der Waals surface area contributed by atoms with Crippen LogP contribution in [0.5, 0.6) is 0 Å². The summed E-state index contributed by atoms with van der Waals surface area (Å²) in [6.45, 7) is -0.0277. The Morgan fingerprint density at radius 2 is 0.863 bits per heavy atom. The van der Waals surface area contributed by atoms with Gasteiger partial charge in [-0.2, -0.15) is 0 Å². The first-order chi connectivity index (χ1) is 25.3. The van der Waals surface area contributed by atoms with Gasteiger partial charge in [0.25, 0.3) is 6.71 Å². The van der Waals surface area contributed by atoms with Crippen molar-refractivity contribution in [3.05, 3.63) is 188 Å². The van der Waals surface area contributed by atoms with Gasteiger partial charge in [0.2, 0.25) is 0 Å². The van der Waals surface area contributed by atoms with Crippen LogP contribution in [0.4, 0.5) is 34.3 Å². The Morgan fingerprint density at radius 1 is 0.373 bits per heavy atom. The van der Waals surface area contributed by atoms with E-state index in [1.54, 1.807) is 0 Å². The van der Waals surface area contributed by atoms with E-state index in [-0.39, 0.29) is 6.71 Å². The first kappa shape index (κ1) is 29.2. The van der Waals surface area contributed by atoms with Gasteiger partial charge in [0.1, 0.15) is 5.82 Å². The van der Waals surface area contributed by atoms with Gasteiger partial charge < -0.3 is 4.90 Å². The van der Waals surface area contributed by atoms with Gasteiger partial charge >= 0.3 is 0 Å². The number of para-hydroxylation sites is 2. The molecule has 0 radical (unpaired) electrons. The highest BCUT2D eigenvalue weighted by molar-refractivity contribution is 7.00. The van der Waals surface area contributed by atoms with E-state index in [1.807, 2.05) is 18.6 Å². The van der Waals surface area contributed by atoms with Crippen molar-refractivity contribution >= 4 is 57.4 Å². The van der Waals surface area contributed by atoms with Crippen molar-refractivity contribution in [1.82, 2.24) is 9.97 Å². The topological polar surface area (TPSA) is 32.3 Å². The van der Waals surface area contributed by atoms with Gasteiger partial charge in [-0.1, -0.05) is 140 Å². The largest absolute Gasteiger partial charge is 0.310 e. The summed E-state index contributed by atoms with van der Waals surface area (Å²) < 4.78 is 0. The van der Waals surface area contributed by atoms with Gasteiger partial charge in [0.15, 0.2) is 0 Å². The Labute approximate surface area is 298 Å². The monoisotopic (exact) mass is 650 g/mol. The molecule has 238 valence electrons. The molecule has 8 aromatic rings. The number of hydrogen-bond acceptors (Lipinski definition) is 4. The predicted octanol–water partition coefficient (Wildman–Crippen LogP) is 9.56. The quantitative estimate of drug-likeness (QED) is 0.174. The van der Waals surface area contributed by atoms with Crippen LogP contribution in [0.1, 0.15) is 0 Å². The smallest absolute Gasteiger partial charge is 0.254 e. The van der Waals surface area contributed by atoms with Crippen LogP contribution in [0.25, 0.3) is 33.4 Å². The fraction of sp³-hybridized carbons (Fsp3) is 0. The van der Waals surface area contributed by atoms with Gasteiger partial charge in [0.05, 0.1) is 23.8 Å². The fourth-order valence-electron chi connectivity index (χ4n) is 7.83. The van der Waals surface area contributed by atoms with Crippen molar-refractivity contribution in [1.29, 1.82) is 0 Å². The highest BCUT2D eigenvalue weighted by Crippen LogP contribution is 2.43. The SMILES string of the molecule is c1ccc(-c2ccc(-c3cnc4c(c3)B3c5ccccc5N(c5ccccc5)c5cncc(c53)N4c3ccc(-c4ccccc4)cc3)cc2)cc1. The lowest BCUT2D eigenvalue weighted by Crippen LogP contribution is -2.61. The number of hydrogen-bond donors (Lipinski definition) is 0. The Morgan fingerprint density at radius 3 is 1.51 bits per heavy atom. The molecule has 6 aromatic carbocycles. The van der Waals surface area contributed by atoms with Crippen molar-refractivity contribution in [3.63, 3.8) is 0 Å². The third kappa shape index (κ3) is 4.85. The molecule has 0 bridgehead atoms. The molecule has 0 amide bonds. The molecule has 0 N–H and O–H groups in total. The summed E-state index contributed by atoms with van der Waals surface area (Å²) in [5.74, 6) is 0.923. The molecule has 51 heavy (non-hydrogen) atoms. The second-order valence-corrected chi connectivity index (χ2v) is 13.1. The maximum Gasteiger partial charge on any atom is 0.254 e. The van der Waals surface area contributed by atoms with E-state index >= 15 is 0 Å². The molecule has 0 atom stereocenters. The zero-order chi connectivity index (χ0) is 33.7. The lowest BCUT2D eigenvalue weighted by atomic mass is 9.33. The minimum atomic E-state index is -0.0277. The molecule has 0 unspecified atom stereocenters. The normalized spacial score (nSPS) is 12.6. The third-order valence-corrected chi connectivity index (χ3v) is 10.2. The average Bonchev–Trinajstić information content (AvgIpc) is 3.22. The van der Waals surface area contributed by atoms with E-state index < -0.39 is 0 Å². The molecule has 2 aliphatic heterocycles. The molecule has 0 spiro atoms. The summed E-state index contributed by atoms with van der Waals surface area (Å²) in [4.78, 5) is 14.8. The maximum atomic E-state index is 5.30. The highest BCUT2D eigenvalue weighted by atomic mass is 15.2. The highest BCUT2D eigenvalue weighted by Gasteiger charge is 2.44. The first-order valence-electron chi connectivity index (χ1n) is 17.4. The molecule has 4 heterocycles. The lowest BCUT2D eigenvalue weighted by Gasteiger charge is -2.43. The maximum absolute atomic E-state index is 5.30. The van der Waals surface area contributed by atoms with Crippen LogP contribution in [0, 0.1) is 0 Å². The summed E-state index contributed by atoms with van der Waals surface area (Å²) in [5, 5.41) is 0. The molecule has 4 nitrogen and oxygen atoms in total. The van der Waals surface area contributed by atoms with Crippen molar-refractivity contribution in [2.75, 3.05) is 9.80 Å². The second kappa shape index (κ2) is 12.0. The minimum absolute atomic E-state index is 0.0277. The summed E-state index contributed by atoms with van der Waals surface area (Å²) in [7, 11) is 0. The average molecular weight is 651 g/mol. The van der Waals surface area contributed by atoms with E-state index in [2.05, 4.69) is 180 Å². The number of rotatable bonds is 5. The van der Waals surface area contributed by atoms with Crippen molar-refractivity contribution in [2.24, 2.45) is 0 Å². The summed E-state index contributed by atoms with van der Waals surface area (Å²) in [6, 6.07) is 60.5. The van der Waals surface area contributed by atoms with E-state index in [1.165, 1.54) is 38.6 Å². The number of benzene rings is 6. The van der Waals surface area contributed by atoms with Gasteiger partial charge in [-0.3, -0.25) is 9.88 Å². The number of nitrogens with zero attached hydrogens (tertiary/aromatic N) is 4. The van der Waals surface area contributed by atoms with E-state index in [9.17, 15) is 0 Å². The minimum Gasteiger partial charge on any atom is -0.310 e. The molecule has 10 rings (SSSR count). The molecule has 0 fully saturated rings. The zero-order valence-electron chi connectivity index (χ0n) is 27.8. The van der Waals surface area contributed by atoms with Gasteiger partial charge in [-0.25, -0.2) is 4.98 Å². The van der Waals surface area contributed by atoms with Crippen molar-refractivity contribution in [3.8, 4) is 33.4 Å². The van der Waals surface area contributed by atoms with Crippen LogP contribution in [0.15, 0.2) is 188 Å². The summed E-state index contributed by atoms with van der Waals surface area (Å²) in [6.07, 6.45) is 6.06. The molecule has 0 aliphatic carbocycles. The zero-order valence-corrected chi connectivity index (χ0v) is 27.8. The van der Waals surface area contributed by atoms with E-state index in [4.69, 9.17) is 9.97 Å². The predicted molar refractivity (Wildman–Crippen MR) is 212 cm³/mol. The standard InChI is InChI=1S/C46H31BN4/c1-4-12-32(13-5-1)34-20-22-36(23-21-34)37-28-41-46(49-29-37)51(39-26-24-35(25-27-39)33-14-6-2-7-15-33)44-31-48-30-43-45(44)47(41)40-18-10-11-19-42(40)50(43)38-16-8-3-9-17-38/h1-31H. The Hall–Kier alpha value is -6.72. The molecule has 0 saturated carbocycles. The van der Waals surface area contributed by atoms with Gasteiger partial charge in [0, 0.05) is 23.3 Å². The number of fused-ring (bicyclic) bond motifs is 4. The molecule has 0 saturated heterocycles. The fourth-order valence-corrected chi connectivity index (χ4v) is 7.83. The third-order valence-electron chi connectivity index (χ3n) is 10.2. The Balaban J connectivity index is 1.17. The van der Waals surface area contributed by atoms with Crippen LogP contribution >= 0.6 is 0 Å². The molecular weight excluding hydrogens is 619 g/mol. The Kier molecular flexibility index (Phi) is 6.88. The first-order valence-corrected chi connectivity index (χ1v) is 17.4. The van der Waals surface area contributed by atoms with Crippen LogP contribution in [-0.2, 0) is 0 Å². The van der Waals surface area contributed by atoms with Crippen LogP contribution in [0.3, 0.4) is 0 Å². The van der Waals surface area contributed by atoms with Crippen LogP contribution < -0.4 is 26.2 Å². The molecule has 2 aliphatic rings. The molecular formula is C46H31BN4. The van der Waals surface area contributed by atoms with Crippen molar-refractivity contribution in [2.45, 2.75) is 0 Å². The van der Waals surface area contributed by atoms with Gasteiger partial charge in [-0.15, -0.1) is 0 Å².